The fourth-order valence-corrected chi connectivity index (χ4v) is 1.89. The predicted molar refractivity (Wildman–Crippen MR) is 70.6 cm³/mol. The van der Waals surface area contributed by atoms with Crippen LogP contribution in [0.5, 0.6) is 5.75 Å². The molecule has 0 spiro atoms. The minimum absolute atomic E-state index is 0.179. The number of para-hydroxylation sites is 1. The topological polar surface area (TPSA) is 59.2 Å². The number of hydrogen-bond donors (Lipinski definition) is 1. The van der Waals surface area contributed by atoms with E-state index in [4.69, 9.17) is 4.52 Å². The second-order valence-electron chi connectivity index (χ2n) is 4.33. The summed E-state index contributed by atoms with van der Waals surface area (Å²) in [7, 11) is 0. The van der Waals surface area contributed by atoms with E-state index in [1.54, 1.807) is 30.3 Å². The average molecular weight is 270 g/mol. The van der Waals surface area contributed by atoms with E-state index in [-0.39, 0.29) is 11.6 Å². The first-order valence-corrected chi connectivity index (χ1v) is 6.08. The van der Waals surface area contributed by atoms with Crippen molar-refractivity contribution in [2.45, 2.75) is 6.42 Å². The molecule has 20 heavy (non-hydrogen) atoms. The maximum atomic E-state index is 13.1. The molecule has 0 amide bonds. The third kappa shape index (κ3) is 2.51. The highest BCUT2D eigenvalue weighted by Crippen LogP contribution is 2.21. The van der Waals surface area contributed by atoms with Crippen molar-refractivity contribution in [3.8, 4) is 17.1 Å². The molecular weight excluding hydrogens is 259 g/mol. The first-order valence-electron chi connectivity index (χ1n) is 6.08. The Hall–Kier alpha value is -2.69. The monoisotopic (exact) mass is 270 g/mol. The lowest BCUT2D eigenvalue weighted by Crippen LogP contribution is -1.89. The Bertz CT molecular complexity index is 740. The number of phenolic OH excluding ortho intramolecular Hbond substituents is 1. The molecule has 0 aliphatic carbocycles. The lowest BCUT2D eigenvalue weighted by atomic mass is 10.1. The van der Waals surface area contributed by atoms with Gasteiger partial charge < -0.3 is 9.63 Å². The van der Waals surface area contributed by atoms with Crippen molar-refractivity contribution in [1.29, 1.82) is 0 Å². The molecule has 1 N–H and O–H groups in total. The molecule has 100 valence electrons. The third-order valence-electron chi connectivity index (χ3n) is 2.88. The van der Waals surface area contributed by atoms with Gasteiger partial charge in [0.15, 0.2) is 0 Å². The SMILES string of the molecule is Oc1ccccc1Cc1nc(-c2cccc(F)c2)no1. The van der Waals surface area contributed by atoms with E-state index in [2.05, 4.69) is 10.1 Å². The number of hydrogen-bond acceptors (Lipinski definition) is 4. The summed E-state index contributed by atoms with van der Waals surface area (Å²) in [5.74, 6) is 0.522. The van der Waals surface area contributed by atoms with Crippen LogP contribution in [0.15, 0.2) is 53.1 Å². The summed E-state index contributed by atoms with van der Waals surface area (Å²) in [6, 6.07) is 12.9. The quantitative estimate of drug-likeness (QED) is 0.794. The highest BCUT2D eigenvalue weighted by Gasteiger charge is 2.11. The molecule has 1 aromatic heterocycles. The van der Waals surface area contributed by atoms with Crippen molar-refractivity contribution in [2.75, 3.05) is 0 Å². The molecule has 0 unspecified atom stereocenters. The number of aromatic hydroxyl groups is 1. The van der Waals surface area contributed by atoms with E-state index in [1.165, 1.54) is 12.1 Å². The summed E-state index contributed by atoms with van der Waals surface area (Å²) in [6.45, 7) is 0. The lowest BCUT2D eigenvalue weighted by molar-refractivity contribution is 0.383. The molecule has 5 heteroatoms. The van der Waals surface area contributed by atoms with E-state index in [9.17, 15) is 9.50 Å². The maximum absolute atomic E-state index is 13.1. The Kier molecular flexibility index (Phi) is 3.16. The van der Waals surface area contributed by atoms with Gasteiger partial charge in [-0.1, -0.05) is 35.5 Å². The zero-order chi connectivity index (χ0) is 13.9. The molecule has 2 aromatic carbocycles. The van der Waals surface area contributed by atoms with Crippen molar-refractivity contribution in [1.82, 2.24) is 10.1 Å². The van der Waals surface area contributed by atoms with Gasteiger partial charge in [0.25, 0.3) is 0 Å². The van der Waals surface area contributed by atoms with Gasteiger partial charge in [-0.25, -0.2) is 4.39 Å². The summed E-state index contributed by atoms with van der Waals surface area (Å²) in [5.41, 5.74) is 1.25. The van der Waals surface area contributed by atoms with Crippen LogP contribution in [0.1, 0.15) is 11.5 Å². The number of benzene rings is 2. The van der Waals surface area contributed by atoms with Gasteiger partial charge in [-0.05, 0) is 18.2 Å². The Morgan fingerprint density at radius 3 is 2.75 bits per heavy atom. The van der Waals surface area contributed by atoms with Crippen LogP contribution < -0.4 is 0 Å². The van der Waals surface area contributed by atoms with Crippen LogP contribution in [0.2, 0.25) is 0 Å². The van der Waals surface area contributed by atoms with E-state index in [0.717, 1.165) is 0 Å². The van der Waals surface area contributed by atoms with Crippen LogP contribution in [0.3, 0.4) is 0 Å². The van der Waals surface area contributed by atoms with Crippen LogP contribution in [0, 0.1) is 5.82 Å². The summed E-state index contributed by atoms with van der Waals surface area (Å²) in [6.07, 6.45) is 0.328. The van der Waals surface area contributed by atoms with Crippen LogP contribution in [0.25, 0.3) is 11.4 Å². The van der Waals surface area contributed by atoms with Gasteiger partial charge in [-0.15, -0.1) is 0 Å². The lowest BCUT2D eigenvalue weighted by Gasteiger charge is -1.99. The molecule has 0 saturated heterocycles. The van der Waals surface area contributed by atoms with Gasteiger partial charge in [0.05, 0.1) is 6.42 Å². The Morgan fingerprint density at radius 2 is 1.95 bits per heavy atom. The van der Waals surface area contributed by atoms with Gasteiger partial charge in [-0.3, -0.25) is 0 Å². The van der Waals surface area contributed by atoms with Crippen molar-refractivity contribution < 1.29 is 14.0 Å². The second kappa shape index (κ2) is 5.13. The molecular formula is C15H11FN2O2. The number of halogens is 1. The molecule has 0 aliphatic rings. The summed E-state index contributed by atoms with van der Waals surface area (Å²) < 4.78 is 18.3. The molecule has 1 heterocycles. The van der Waals surface area contributed by atoms with E-state index in [0.29, 0.717) is 29.3 Å². The van der Waals surface area contributed by atoms with E-state index in [1.807, 2.05) is 6.07 Å². The highest BCUT2D eigenvalue weighted by atomic mass is 19.1. The van der Waals surface area contributed by atoms with Crippen LogP contribution in [-0.4, -0.2) is 15.2 Å². The molecule has 0 aliphatic heterocycles. The third-order valence-corrected chi connectivity index (χ3v) is 2.88. The van der Waals surface area contributed by atoms with Crippen molar-refractivity contribution >= 4 is 0 Å². The minimum Gasteiger partial charge on any atom is -0.508 e. The molecule has 3 aromatic rings. The number of rotatable bonds is 3. The molecule has 0 bridgehead atoms. The van der Waals surface area contributed by atoms with Crippen molar-refractivity contribution in [2.24, 2.45) is 0 Å². The smallest absolute Gasteiger partial charge is 0.231 e. The maximum Gasteiger partial charge on any atom is 0.231 e. The fraction of sp³-hybridized carbons (Fsp3) is 0.0667. The number of phenols is 1. The first kappa shape index (κ1) is 12.3. The zero-order valence-corrected chi connectivity index (χ0v) is 10.5. The minimum atomic E-state index is -0.352. The van der Waals surface area contributed by atoms with E-state index < -0.39 is 0 Å². The Morgan fingerprint density at radius 1 is 1.10 bits per heavy atom. The molecule has 0 atom stereocenters. The normalized spacial score (nSPS) is 10.7. The van der Waals surface area contributed by atoms with Crippen molar-refractivity contribution in [3.05, 3.63) is 65.8 Å². The van der Waals surface area contributed by atoms with Crippen molar-refractivity contribution in [3.63, 3.8) is 0 Å². The number of aromatic nitrogens is 2. The fourth-order valence-electron chi connectivity index (χ4n) is 1.89. The Labute approximate surface area is 114 Å². The largest absolute Gasteiger partial charge is 0.508 e. The first-order chi connectivity index (χ1) is 9.72. The van der Waals surface area contributed by atoms with E-state index >= 15 is 0 Å². The highest BCUT2D eigenvalue weighted by molar-refractivity contribution is 5.54. The summed E-state index contributed by atoms with van der Waals surface area (Å²) in [5, 5.41) is 13.5. The average Bonchev–Trinajstić information content (AvgIpc) is 2.90. The van der Waals surface area contributed by atoms with Crippen LogP contribution in [0.4, 0.5) is 4.39 Å². The van der Waals surface area contributed by atoms with Gasteiger partial charge in [-0.2, -0.15) is 4.98 Å². The number of nitrogens with zero attached hydrogens (tertiary/aromatic N) is 2. The van der Waals surface area contributed by atoms with Crippen LogP contribution in [-0.2, 0) is 6.42 Å². The summed E-state index contributed by atoms with van der Waals surface area (Å²) in [4.78, 5) is 4.20. The molecule has 4 nitrogen and oxygen atoms in total. The van der Waals surface area contributed by atoms with Gasteiger partial charge in [0.1, 0.15) is 11.6 Å². The molecule has 3 rings (SSSR count). The standard InChI is InChI=1S/C15H11FN2O2/c16-12-6-3-5-11(8-12)15-17-14(20-18-15)9-10-4-1-2-7-13(10)19/h1-8,19H,9H2. The Balaban J connectivity index is 1.86. The molecule has 0 fully saturated rings. The van der Waals surface area contributed by atoms with Gasteiger partial charge in [0, 0.05) is 11.1 Å². The van der Waals surface area contributed by atoms with Gasteiger partial charge in [0.2, 0.25) is 11.7 Å². The zero-order valence-electron chi connectivity index (χ0n) is 10.5. The van der Waals surface area contributed by atoms with Gasteiger partial charge >= 0.3 is 0 Å². The van der Waals surface area contributed by atoms with Crippen LogP contribution >= 0.6 is 0 Å². The summed E-state index contributed by atoms with van der Waals surface area (Å²) >= 11 is 0. The molecule has 0 saturated carbocycles. The molecule has 0 radical (unpaired) electrons. The predicted octanol–water partition coefficient (Wildman–Crippen LogP) is 3.17. The second-order valence-corrected chi connectivity index (χ2v) is 4.33.